The predicted octanol–water partition coefficient (Wildman–Crippen LogP) is 3.74. The molecule has 2 rings (SSSR count). The molecule has 2 atom stereocenters. The smallest absolute Gasteiger partial charge is 0.127 e. The van der Waals surface area contributed by atoms with Gasteiger partial charge in [-0.1, -0.05) is 45.4 Å². The summed E-state index contributed by atoms with van der Waals surface area (Å²) in [5.74, 6) is 1.23. The summed E-state index contributed by atoms with van der Waals surface area (Å²) in [7, 11) is 0. The highest BCUT2D eigenvalue weighted by Gasteiger charge is 2.54. The van der Waals surface area contributed by atoms with Crippen molar-refractivity contribution < 1.29 is 4.39 Å². The van der Waals surface area contributed by atoms with Crippen LogP contribution in [-0.4, -0.2) is 13.1 Å². The van der Waals surface area contributed by atoms with E-state index in [-0.39, 0.29) is 11.2 Å². The lowest BCUT2D eigenvalue weighted by atomic mass is 9.91. The molecule has 0 aliphatic heterocycles. The Hall–Kier alpha value is -0.890. The average Bonchev–Trinajstić information content (AvgIpc) is 3.04. The molecule has 0 saturated heterocycles. The monoisotopic (exact) mass is 249 g/mol. The van der Waals surface area contributed by atoms with Gasteiger partial charge in [0.05, 0.1) is 0 Å². The van der Waals surface area contributed by atoms with Crippen LogP contribution in [-0.2, 0) is 5.41 Å². The van der Waals surface area contributed by atoms with Gasteiger partial charge < -0.3 is 5.32 Å². The van der Waals surface area contributed by atoms with Crippen LogP contribution in [0.15, 0.2) is 24.3 Å². The summed E-state index contributed by atoms with van der Waals surface area (Å²) in [5.41, 5.74) is 0.961. The van der Waals surface area contributed by atoms with E-state index < -0.39 is 0 Å². The van der Waals surface area contributed by atoms with Gasteiger partial charge in [-0.15, -0.1) is 0 Å². The standard InChI is InChI=1S/C16H24FN/c1-4-13-9-16(13,11-18-10-12(2)3)14-7-5-6-8-15(14)17/h5-8,12-13,18H,4,9-11H2,1-3H3. The molecule has 0 bridgehead atoms. The van der Waals surface area contributed by atoms with Crippen LogP contribution in [0.3, 0.4) is 0 Å². The second-order valence-corrected chi connectivity index (χ2v) is 5.97. The van der Waals surface area contributed by atoms with E-state index in [1.807, 2.05) is 12.1 Å². The summed E-state index contributed by atoms with van der Waals surface area (Å²) < 4.78 is 14.0. The van der Waals surface area contributed by atoms with Crippen molar-refractivity contribution in [1.29, 1.82) is 0 Å². The van der Waals surface area contributed by atoms with Crippen LogP contribution in [0.1, 0.15) is 39.2 Å². The highest BCUT2D eigenvalue weighted by atomic mass is 19.1. The zero-order chi connectivity index (χ0) is 13.2. The van der Waals surface area contributed by atoms with Crippen LogP contribution in [0.5, 0.6) is 0 Å². The average molecular weight is 249 g/mol. The number of rotatable bonds is 6. The number of hydrogen-bond donors (Lipinski definition) is 1. The summed E-state index contributed by atoms with van der Waals surface area (Å²) in [4.78, 5) is 0. The molecule has 1 aliphatic rings. The summed E-state index contributed by atoms with van der Waals surface area (Å²) in [5, 5.41) is 3.51. The van der Waals surface area contributed by atoms with E-state index in [2.05, 4.69) is 26.1 Å². The molecule has 100 valence electrons. The predicted molar refractivity (Wildman–Crippen MR) is 74.2 cm³/mol. The lowest BCUT2D eigenvalue weighted by Gasteiger charge is -2.20. The quantitative estimate of drug-likeness (QED) is 0.810. The molecule has 0 heterocycles. The van der Waals surface area contributed by atoms with Crippen molar-refractivity contribution in [3.63, 3.8) is 0 Å². The fourth-order valence-electron chi connectivity index (χ4n) is 3.01. The maximum atomic E-state index is 14.0. The maximum Gasteiger partial charge on any atom is 0.127 e. The number of nitrogens with one attached hydrogen (secondary N) is 1. The molecule has 2 heteroatoms. The van der Waals surface area contributed by atoms with E-state index in [0.29, 0.717) is 11.8 Å². The minimum Gasteiger partial charge on any atom is -0.316 e. The summed E-state index contributed by atoms with van der Waals surface area (Å²) in [6, 6.07) is 7.28. The second kappa shape index (κ2) is 5.40. The second-order valence-electron chi connectivity index (χ2n) is 5.97. The van der Waals surface area contributed by atoms with Gasteiger partial charge in [-0.05, 0) is 36.4 Å². The minimum atomic E-state index is -0.0419. The molecule has 2 unspecified atom stereocenters. The molecule has 1 aromatic rings. The first-order valence-corrected chi connectivity index (χ1v) is 7.06. The summed E-state index contributed by atoms with van der Waals surface area (Å²) in [6.45, 7) is 8.52. The van der Waals surface area contributed by atoms with Gasteiger partial charge >= 0.3 is 0 Å². The van der Waals surface area contributed by atoms with Crippen molar-refractivity contribution in [2.75, 3.05) is 13.1 Å². The largest absolute Gasteiger partial charge is 0.316 e. The zero-order valence-electron chi connectivity index (χ0n) is 11.7. The van der Waals surface area contributed by atoms with Crippen molar-refractivity contribution in [1.82, 2.24) is 5.32 Å². The third kappa shape index (κ3) is 2.59. The Morgan fingerprint density at radius 2 is 2.11 bits per heavy atom. The Morgan fingerprint density at radius 1 is 1.39 bits per heavy atom. The summed E-state index contributed by atoms with van der Waals surface area (Å²) >= 11 is 0. The van der Waals surface area contributed by atoms with E-state index in [0.717, 1.165) is 31.5 Å². The molecule has 0 aromatic heterocycles. The van der Waals surface area contributed by atoms with Crippen molar-refractivity contribution in [2.45, 2.75) is 39.0 Å². The van der Waals surface area contributed by atoms with E-state index >= 15 is 0 Å². The Bertz CT molecular complexity index is 402. The molecule has 1 aromatic carbocycles. The van der Waals surface area contributed by atoms with Gasteiger partial charge in [0.2, 0.25) is 0 Å². The number of hydrogen-bond acceptors (Lipinski definition) is 1. The Morgan fingerprint density at radius 3 is 2.67 bits per heavy atom. The van der Waals surface area contributed by atoms with Crippen LogP contribution >= 0.6 is 0 Å². The Kier molecular flexibility index (Phi) is 4.06. The third-order valence-corrected chi connectivity index (χ3v) is 4.13. The van der Waals surface area contributed by atoms with Crippen molar-refractivity contribution in [3.8, 4) is 0 Å². The van der Waals surface area contributed by atoms with E-state index in [1.165, 1.54) is 0 Å². The first-order valence-electron chi connectivity index (χ1n) is 7.06. The first-order chi connectivity index (χ1) is 8.60. The van der Waals surface area contributed by atoms with Crippen LogP contribution in [0.4, 0.5) is 4.39 Å². The first kappa shape index (κ1) is 13.5. The van der Waals surface area contributed by atoms with E-state index in [4.69, 9.17) is 0 Å². The van der Waals surface area contributed by atoms with Gasteiger partial charge in [0, 0.05) is 12.0 Å². The Labute approximate surface area is 110 Å². The lowest BCUT2D eigenvalue weighted by Crippen LogP contribution is -2.31. The van der Waals surface area contributed by atoms with Crippen molar-refractivity contribution in [3.05, 3.63) is 35.6 Å². The molecule has 1 N–H and O–H groups in total. The molecular formula is C16H24FN. The van der Waals surface area contributed by atoms with E-state index in [1.54, 1.807) is 12.1 Å². The van der Waals surface area contributed by atoms with Crippen LogP contribution in [0.2, 0.25) is 0 Å². The highest BCUT2D eigenvalue weighted by Crippen LogP contribution is 2.56. The molecule has 18 heavy (non-hydrogen) atoms. The van der Waals surface area contributed by atoms with Gasteiger partial charge in [0.15, 0.2) is 0 Å². The molecule has 1 aliphatic carbocycles. The molecule has 0 amide bonds. The maximum absolute atomic E-state index is 14.0. The van der Waals surface area contributed by atoms with Gasteiger partial charge in [0.1, 0.15) is 5.82 Å². The molecular weight excluding hydrogens is 225 g/mol. The fourth-order valence-corrected chi connectivity index (χ4v) is 3.01. The highest BCUT2D eigenvalue weighted by molar-refractivity contribution is 5.35. The normalized spacial score (nSPS) is 26.6. The number of benzene rings is 1. The van der Waals surface area contributed by atoms with Crippen LogP contribution < -0.4 is 5.32 Å². The lowest BCUT2D eigenvalue weighted by molar-refractivity contribution is 0.467. The van der Waals surface area contributed by atoms with Gasteiger partial charge in [-0.25, -0.2) is 4.39 Å². The van der Waals surface area contributed by atoms with Gasteiger partial charge in [0.25, 0.3) is 0 Å². The summed E-state index contributed by atoms with van der Waals surface area (Å²) in [6.07, 6.45) is 2.26. The number of halogens is 1. The molecule has 0 spiro atoms. The van der Waals surface area contributed by atoms with Gasteiger partial charge in [-0.2, -0.15) is 0 Å². The van der Waals surface area contributed by atoms with E-state index in [9.17, 15) is 4.39 Å². The molecule has 1 saturated carbocycles. The SMILES string of the molecule is CCC1CC1(CNCC(C)C)c1ccccc1F. The topological polar surface area (TPSA) is 12.0 Å². The van der Waals surface area contributed by atoms with Crippen LogP contribution in [0, 0.1) is 17.7 Å². The van der Waals surface area contributed by atoms with Crippen molar-refractivity contribution in [2.24, 2.45) is 11.8 Å². The third-order valence-electron chi connectivity index (χ3n) is 4.13. The van der Waals surface area contributed by atoms with Crippen LogP contribution in [0.25, 0.3) is 0 Å². The van der Waals surface area contributed by atoms with Gasteiger partial charge in [-0.3, -0.25) is 0 Å². The zero-order valence-corrected chi connectivity index (χ0v) is 11.7. The molecule has 1 fully saturated rings. The molecule has 0 radical (unpaired) electrons. The Balaban J connectivity index is 2.11. The minimum absolute atomic E-state index is 0.0419. The fraction of sp³-hybridized carbons (Fsp3) is 0.625. The van der Waals surface area contributed by atoms with Crippen molar-refractivity contribution >= 4 is 0 Å². The molecule has 1 nitrogen and oxygen atoms in total.